The Balaban J connectivity index is 1.51. The number of hydrazine groups is 1. The molecule has 0 saturated carbocycles. The Morgan fingerprint density at radius 3 is 2.16 bits per heavy atom. The van der Waals surface area contributed by atoms with Crippen LogP contribution < -0.4 is 10.9 Å². The highest BCUT2D eigenvalue weighted by atomic mass is 32.2. The number of aromatic amines is 1. The number of nitrogens with zero attached hydrogens (tertiary/aromatic N) is 2. The van der Waals surface area contributed by atoms with Crippen LogP contribution in [0.1, 0.15) is 26.3 Å². The molecule has 7 nitrogen and oxygen atoms in total. The van der Waals surface area contributed by atoms with Crippen LogP contribution in [0.3, 0.4) is 0 Å². The Morgan fingerprint density at radius 2 is 1.56 bits per heavy atom. The maximum Gasteiger partial charge on any atom is 0.269 e. The van der Waals surface area contributed by atoms with E-state index in [9.17, 15) is 9.59 Å². The van der Waals surface area contributed by atoms with Crippen molar-refractivity contribution in [1.29, 1.82) is 0 Å². The number of carbonyl (C=O) groups is 2. The van der Waals surface area contributed by atoms with Gasteiger partial charge in [-0.25, -0.2) is 4.98 Å². The Labute approximate surface area is 148 Å². The zero-order valence-electron chi connectivity index (χ0n) is 13.1. The molecule has 0 aliphatic rings. The number of hydrogen-bond acceptors (Lipinski definition) is 5. The van der Waals surface area contributed by atoms with E-state index in [1.165, 1.54) is 18.1 Å². The Bertz CT molecular complexity index is 835. The summed E-state index contributed by atoms with van der Waals surface area (Å²) in [5, 5.41) is 7.30. The van der Waals surface area contributed by atoms with Gasteiger partial charge in [0.25, 0.3) is 11.8 Å². The number of aromatic nitrogens is 3. The minimum atomic E-state index is -0.376. The quantitative estimate of drug-likeness (QED) is 0.482. The van der Waals surface area contributed by atoms with Crippen LogP contribution in [0.15, 0.2) is 66.1 Å². The third kappa shape index (κ3) is 4.67. The lowest BCUT2D eigenvalue weighted by molar-refractivity contribution is 0.0846. The van der Waals surface area contributed by atoms with Gasteiger partial charge >= 0.3 is 0 Å². The normalized spacial score (nSPS) is 10.2. The maximum absolute atomic E-state index is 12.1. The summed E-state index contributed by atoms with van der Waals surface area (Å²) >= 11 is 1.52. The van der Waals surface area contributed by atoms with Crippen molar-refractivity contribution >= 4 is 23.6 Å². The monoisotopic (exact) mass is 353 g/mol. The van der Waals surface area contributed by atoms with E-state index in [4.69, 9.17) is 0 Å². The molecular formula is C17H15N5O2S. The Morgan fingerprint density at radius 1 is 0.920 bits per heavy atom. The highest BCUT2D eigenvalue weighted by molar-refractivity contribution is 7.98. The Kier molecular flexibility index (Phi) is 5.43. The Hall–Kier alpha value is -3.13. The van der Waals surface area contributed by atoms with E-state index in [2.05, 4.69) is 26.0 Å². The van der Waals surface area contributed by atoms with Crippen LogP contribution in [0, 0.1) is 0 Å². The van der Waals surface area contributed by atoms with Crippen molar-refractivity contribution in [2.75, 3.05) is 0 Å². The van der Waals surface area contributed by atoms with Crippen LogP contribution in [0.5, 0.6) is 0 Å². The van der Waals surface area contributed by atoms with Crippen molar-refractivity contribution in [3.63, 3.8) is 0 Å². The SMILES string of the molecule is O=C(NNC(=O)c1ccc(CSc2ncn[nH]2)cc1)c1ccccc1. The van der Waals surface area contributed by atoms with Crippen LogP contribution in [-0.2, 0) is 5.75 Å². The summed E-state index contributed by atoms with van der Waals surface area (Å²) in [5.74, 6) is -0.0327. The summed E-state index contributed by atoms with van der Waals surface area (Å²) < 4.78 is 0. The van der Waals surface area contributed by atoms with Gasteiger partial charge in [0.2, 0.25) is 0 Å². The molecule has 126 valence electrons. The van der Waals surface area contributed by atoms with Crippen molar-refractivity contribution in [2.45, 2.75) is 10.9 Å². The van der Waals surface area contributed by atoms with Crippen LogP contribution in [0.2, 0.25) is 0 Å². The van der Waals surface area contributed by atoms with Crippen LogP contribution in [0.4, 0.5) is 0 Å². The third-order valence-electron chi connectivity index (χ3n) is 3.31. The minimum absolute atomic E-state index is 0.367. The molecule has 3 N–H and O–H groups in total. The molecule has 0 unspecified atom stereocenters. The second kappa shape index (κ2) is 8.11. The van der Waals surface area contributed by atoms with Crippen LogP contribution in [0.25, 0.3) is 0 Å². The lowest BCUT2D eigenvalue weighted by atomic mass is 10.1. The molecule has 8 heteroatoms. The number of nitrogens with one attached hydrogen (secondary N) is 3. The first-order chi connectivity index (χ1) is 12.2. The van der Waals surface area contributed by atoms with E-state index in [1.807, 2.05) is 18.2 Å². The first-order valence-electron chi connectivity index (χ1n) is 7.45. The summed E-state index contributed by atoms with van der Waals surface area (Å²) in [5.41, 5.74) is 6.78. The van der Waals surface area contributed by atoms with Crippen molar-refractivity contribution < 1.29 is 9.59 Å². The first kappa shape index (κ1) is 16.7. The van der Waals surface area contributed by atoms with E-state index in [-0.39, 0.29) is 11.8 Å². The lowest BCUT2D eigenvalue weighted by Crippen LogP contribution is -2.41. The summed E-state index contributed by atoms with van der Waals surface area (Å²) in [6.07, 6.45) is 1.46. The molecule has 3 rings (SSSR count). The van der Waals surface area contributed by atoms with E-state index in [0.29, 0.717) is 16.9 Å². The average molecular weight is 353 g/mol. The zero-order valence-corrected chi connectivity index (χ0v) is 13.9. The number of thioether (sulfide) groups is 1. The standard InChI is InChI=1S/C17H15N5O2S/c23-15(13-4-2-1-3-5-13)20-21-16(24)14-8-6-12(7-9-14)10-25-17-18-11-19-22-17/h1-9,11H,10H2,(H,20,23)(H,21,24)(H,18,19,22). The fraction of sp³-hybridized carbons (Fsp3) is 0.0588. The molecule has 0 aliphatic carbocycles. The van der Waals surface area contributed by atoms with Gasteiger partial charge in [0.1, 0.15) is 6.33 Å². The van der Waals surface area contributed by atoms with Gasteiger partial charge in [-0.05, 0) is 29.8 Å². The molecule has 0 spiro atoms. The summed E-state index contributed by atoms with van der Waals surface area (Å²) in [7, 11) is 0. The molecule has 0 saturated heterocycles. The molecule has 3 aromatic rings. The van der Waals surface area contributed by atoms with E-state index < -0.39 is 0 Å². The fourth-order valence-corrected chi connectivity index (χ4v) is 2.75. The summed E-state index contributed by atoms with van der Waals surface area (Å²) in [6.45, 7) is 0. The number of H-pyrrole nitrogens is 1. The van der Waals surface area contributed by atoms with Crippen molar-refractivity contribution in [3.05, 3.63) is 77.6 Å². The molecule has 0 bridgehead atoms. The number of carbonyl (C=O) groups excluding carboxylic acids is 2. The molecule has 25 heavy (non-hydrogen) atoms. The van der Waals surface area contributed by atoms with E-state index >= 15 is 0 Å². The topological polar surface area (TPSA) is 99.8 Å². The lowest BCUT2D eigenvalue weighted by Gasteiger charge is -2.08. The maximum atomic E-state index is 12.1. The van der Waals surface area contributed by atoms with Gasteiger partial charge in [-0.3, -0.25) is 25.5 Å². The molecule has 0 fully saturated rings. The van der Waals surface area contributed by atoms with E-state index in [1.54, 1.807) is 36.4 Å². The van der Waals surface area contributed by atoms with Gasteiger partial charge in [-0.1, -0.05) is 42.1 Å². The van der Waals surface area contributed by atoms with Crippen molar-refractivity contribution in [2.24, 2.45) is 0 Å². The van der Waals surface area contributed by atoms with Gasteiger partial charge in [0, 0.05) is 16.9 Å². The molecule has 0 radical (unpaired) electrons. The predicted octanol–water partition coefficient (Wildman–Crippen LogP) is 2.17. The number of hydrogen-bond donors (Lipinski definition) is 3. The number of benzene rings is 2. The van der Waals surface area contributed by atoms with Crippen LogP contribution in [-0.4, -0.2) is 27.0 Å². The molecule has 0 aliphatic heterocycles. The molecular weight excluding hydrogens is 338 g/mol. The summed E-state index contributed by atoms with van der Waals surface area (Å²) in [4.78, 5) is 28.0. The second-order valence-electron chi connectivity index (χ2n) is 5.05. The van der Waals surface area contributed by atoms with Crippen molar-refractivity contribution in [1.82, 2.24) is 26.0 Å². The van der Waals surface area contributed by atoms with E-state index in [0.717, 1.165) is 10.7 Å². The van der Waals surface area contributed by atoms with Gasteiger partial charge < -0.3 is 0 Å². The molecule has 2 amide bonds. The fourth-order valence-electron chi connectivity index (χ4n) is 2.02. The van der Waals surface area contributed by atoms with Crippen LogP contribution >= 0.6 is 11.8 Å². The minimum Gasteiger partial charge on any atom is -0.267 e. The number of amides is 2. The van der Waals surface area contributed by atoms with Crippen molar-refractivity contribution in [3.8, 4) is 0 Å². The molecule has 0 atom stereocenters. The highest BCUT2D eigenvalue weighted by Crippen LogP contribution is 2.18. The molecule has 2 aromatic carbocycles. The second-order valence-corrected chi connectivity index (χ2v) is 6.01. The van der Waals surface area contributed by atoms with Gasteiger partial charge in [-0.2, -0.15) is 5.10 Å². The predicted molar refractivity (Wildman–Crippen MR) is 93.8 cm³/mol. The smallest absolute Gasteiger partial charge is 0.267 e. The largest absolute Gasteiger partial charge is 0.269 e. The highest BCUT2D eigenvalue weighted by Gasteiger charge is 2.09. The van der Waals surface area contributed by atoms with Gasteiger partial charge in [-0.15, -0.1) is 0 Å². The van der Waals surface area contributed by atoms with Gasteiger partial charge in [0.15, 0.2) is 5.16 Å². The zero-order chi connectivity index (χ0) is 17.5. The molecule has 1 heterocycles. The molecule has 1 aromatic heterocycles. The summed E-state index contributed by atoms with van der Waals surface area (Å²) in [6, 6.07) is 15.8. The third-order valence-corrected chi connectivity index (χ3v) is 4.26. The first-order valence-corrected chi connectivity index (χ1v) is 8.44. The number of rotatable bonds is 5. The average Bonchev–Trinajstić information content (AvgIpc) is 3.19. The van der Waals surface area contributed by atoms with Gasteiger partial charge in [0.05, 0.1) is 0 Å².